The average molecular weight is 363 g/mol. The summed E-state index contributed by atoms with van der Waals surface area (Å²) < 4.78 is 30.7. The fraction of sp³-hybridized carbons (Fsp3) is 0.632. The summed E-state index contributed by atoms with van der Waals surface area (Å²) in [7, 11) is 0. The second kappa shape index (κ2) is 6.28. The maximum absolute atomic E-state index is 12.5. The maximum Gasteiger partial charge on any atom is 0.190 e. The monoisotopic (exact) mass is 363 g/mol. The van der Waals surface area contributed by atoms with E-state index in [0.717, 1.165) is 10.3 Å². The first-order chi connectivity index (χ1) is 12.2. The number of fused-ring (bicyclic) bond motifs is 3. The third kappa shape index (κ3) is 3.50. The fourth-order valence-corrected chi connectivity index (χ4v) is 3.74. The van der Waals surface area contributed by atoms with Crippen LogP contribution in [0.25, 0.3) is 0 Å². The highest BCUT2D eigenvalue weighted by molar-refractivity contribution is 5.59. The molecular weight excluding hydrogens is 338 g/mol. The largest absolute Gasteiger partial charge is 0.624 e. The van der Waals surface area contributed by atoms with E-state index in [4.69, 9.17) is 23.7 Å². The Morgan fingerprint density at radius 2 is 1.54 bits per heavy atom. The first-order valence-corrected chi connectivity index (χ1v) is 8.92. The SMILES string of the molecule is CC1(C)O[C@H]2[C@@H](O1)[C@@H](/C=[N+](/[O-])Cc1ccccc1)O[C@@H]1OC(C)(C)O[C@@H]12. The second-order valence-electron chi connectivity index (χ2n) is 7.84. The molecule has 142 valence electrons. The molecule has 7 heteroatoms. The van der Waals surface area contributed by atoms with Crippen LogP contribution >= 0.6 is 0 Å². The predicted octanol–water partition coefficient (Wildman–Crippen LogP) is 2.16. The van der Waals surface area contributed by atoms with Gasteiger partial charge in [-0.3, -0.25) is 0 Å². The summed E-state index contributed by atoms with van der Waals surface area (Å²) in [6, 6.07) is 9.55. The molecule has 0 aliphatic carbocycles. The third-order valence-electron chi connectivity index (χ3n) is 4.68. The number of rotatable bonds is 3. The van der Waals surface area contributed by atoms with Crippen LogP contribution in [0.5, 0.6) is 0 Å². The molecule has 0 bridgehead atoms. The molecule has 0 amide bonds. The normalized spacial score (nSPS) is 38.0. The standard InChI is InChI=1S/C19H25NO6/c1-18(2)23-14-13(11-20(21)10-12-8-6-5-7-9-12)22-17-16(15(14)24-18)25-19(3,4)26-17/h5-9,11,13-17H,10H2,1-4H3/b20-11+/t13-,14+,15+,16-,17-/m1/s1. The van der Waals surface area contributed by atoms with Crippen molar-refractivity contribution in [3.05, 3.63) is 41.1 Å². The van der Waals surface area contributed by atoms with Crippen LogP contribution in [0, 0.1) is 5.21 Å². The summed E-state index contributed by atoms with van der Waals surface area (Å²) in [6.45, 7) is 7.59. The molecule has 3 fully saturated rings. The van der Waals surface area contributed by atoms with Crippen molar-refractivity contribution >= 4 is 6.21 Å². The molecule has 3 aliphatic rings. The Morgan fingerprint density at radius 3 is 2.27 bits per heavy atom. The summed E-state index contributed by atoms with van der Waals surface area (Å²) in [6.07, 6.45) is -0.874. The topological polar surface area (TPSA) is 72.2 Å². The molecule has 7 nitrogen and oxygen atoms in total. The van der Waals surface area contributed by atoms with Crippen LogP contribution in [0.4, 0.5) is 0 Å². The molecule has 0 radical (unpaired) electrons. The van der Waals surface area contributed by atoms with E-state index in [1.165, 1.54) is 6.21 Å². The van der Waals surface area contributed by atoms with E-state index in [0.29, 0.717) is 0 Å². The van der Waals surface area contributed by atoms with Crippen LogP contribution < -0.4 is 0 Å². The zero-order valence-corrected chi connectivity index (χ0v) is 15.5. The van der Waals surface area contributed by atoms with Crippen molar-refractivity contribution in [3.63, 3.8) is 0 Å². The van der Waals surface area contributed by atoms with Crippen LogP contribution in [-0.4, -0.2) is 53.2 Å². The number of hydroxylamine groups is 1. The first kappa shape index (κ1) is 17.9. The van der Waals surface area contributed by atoms with E-state index in [9.17, 15) is 5.21 Å². The zero-order valence-electron chi connectivity index (χ0n) is 15.5. The van der Waals surface area contributed by atoms with Crippen molar-refractivity contribution in [3.8, 4) is 0 Å². The highest BCUT2D eigenvalue weighted by atomic mass is 16.9. The van der Waals surface area contributed by atoms with Crippen LogP contribution in [0.1, 0.15) is 33.3 Å². The lowest BCUT2D eigenvalue weighted by atomic mass is 9.99. The number of hydrogen-bond acceptors (Lipinski definition) is 6. The van der Waals surface area contributed by atoms with Crippen molar-refractivity contribution in [2.24, 2.45) is 0 Å². The molecule has 3 aliphatic heterocycles. The van der Waals surface area contributed by atoms with Crippen molar-refractivity contribution in [1.82, 2.24) is 0 Å². The van der Waals surface area contributed by atoms with Gasteiger partial charge in [-0.2, -0.15) is 0 Å². The van der Waals surface area contributed by atoms with Crippen LogP contribution in [0.3, 0.4) is 0 Å². The molecule has 4 rings (SSSR count). The quantitative estimate of drug-likeness (QED) is 0.355. The molecule has 3 saturated heterocycles. The first-order valence-electron chi connectivity index (χ1n) is 8.92. The molecule has 5 atom stereocenters. The zero-order chi connectivity index (χ0) is 18.5. The minimum absolute atomic E-state index is 0.235. The van der Waals surface area contributed by atoms with E-state index in [1.54, 1.807) is 0 Å². The van der Waals surface area contributed by atoms with E-state index >= 15 is 0 Å². The smallest absolute Gasteiger partial charge is 0.190 e. The van der Waals surface area contributed by atoms with Gasteiger partial charge in [0.2, 0.25) is 0 Å². The molecule has 0 saturated carbocycles. The summed E-state index contributed by atoms with van der Waals surface area (Å²) >= 11 is 0. The Kier molecular flexibility index (Phi) is 4.32. The average Bonchev–Trinajstić information content (AvgIpc) is 3.03. The summed E-state index contributed by atoms with van der Waals surface area (Å²) in [5.41, 5.74) is 0.925. The Bertz CT molecular complexity index is 689. The van der Waals surface area contributed by atoms with Crippen molar-refractivity contribution in [2.45, 2.75) is 76.5 Å². The Morgan fingerprint density at radius 1 is 0.923 bits per heavy atom. The van der Waals surface area contributed by atoms with E-state index in [2.05, 4.69) is 0 Å². The van der Waals surface area contributed by atoms with Gasteiger partial charge in [-0.05, 0) is 27.7 Å². The Labute approximate surface area is 153 Å². The van der Waals surface area contributed by atoms with Crippen LogP contribution in [0.2, 0.25) is 0 Å². The molecule has 0 aromatic heterocycles. The van der Waals surface area contributed by atoms with Gasteiger partial charge in [-0.1, -0.05) is 30.3 Å². The van der Waals surface area contributed by atoms with Gasteiger partial charge in [0.15, 0.2) is 36.7 Å². The van der Waals surface area contributed by atoms with Gasteiger partial charge in [0.25, 0.3) is 0 Å². The van der Waals surface area contributed by atoms with Crippen molar-refractivity contribution < 1.29 is 28.4 Å². The number of hydrogen-bond donors (Lipinski definition) is 0. The van der Waals surface area contributed by atoms with Crippen molar-refractivity contribution in [1.29, 1.82) is 0 Å². The van der Waals surface area contributed by atoms with Crippen LogP contribution in [-0.2, 0) is 30.2 Å². The number of nitrogens with zero attached hydrogens (tertiary/aromatic N) is 1. The van der Waals surface area contributed by atoms with E-state index in [1.807, 2.05) is 58.0 Å². The Balaban J connectivity index is 1.56. The highest BCUT2D eigenvalue weighted by Gasteiger charge is 2.61. The minimum Gasteiger partial charge on any atom is -0.624 e. The van der Waals surface area contributed by atoms with Gasteiger partial charge in [0.05, 0.1) is 0 Å². The Hall–Kier alpha value is -1.51. The van der Waals surface area contributed by atoms with Gasteiger partial charge in [-0.25, -0.2) is 4.74 Å². The molecule has 1 aromatic carbocycles. The molecule has 26 heavy (non-hydrogen) atoms. The molecule has 3 heterocycles. The minimum atomic E-state index is -0.775. The molecular formula is C19H25NO6. The molecule has 0 N–H and O–H groups in total. The lowest BCUT2D eigenvalue weighted by Gasteiger charge is -2.34. The van der Waals surface area contributed by atoms with Gasteiger partial charge in [0.1, 0.15) is 18.3 Å². The number of ether oxygens (including phenoxy) is 5. The lowest BCUT2D eigenvalue weighted by molar-refractivity contribution is -0.474. The molecule has 0 spiro atoms. The van der Waals surface area contributed by atoms with E-state index in [-0.39, 0.29) is 12.6 Å². The maximum atomic E-state index is 12.5. The number of benzene rings is 1. The summed E-state index contributed by atoms with van der Waals surface area (Å²) in [4.78, 5) is 0. The second-order valence-corrected chi connectivity index (χ2v) is 7.84. The summed E-state index contributed by atoms with van der Waals surface area (Å²) in [5.74, 6) is -1.55. The third-order valence-corrected chi connectivity index (χ3v) is 4.68. The van der Waals surface area contributed by atoms with Crippen molar-refractivity contribution in [2.75, 3.05) is 0 Å². The van der Waals surface area contributed by atoms with Gasteiger partial charge < -0.3 is 28.9 Å². The molecule has 1 aromatic rings. The van der Waals surface area contributed by atoms with Gasteiger partial charge in [-0.15, -0.1) is 0 Å². The highest BCUT2D eigenvalue weighted by Crippen LogP contribution is 2.43. The molecule has 0 unspecified atom stereocenters. The lowest BCUT2D eigenvalue weighted by Crippen LogP contribution is -2.56. The van der Waals surface area contributed by atoms with Gasteiger partial charge >= 0.3 is 0 Å². The van der Waals surface area contributed by atoms with E-state index < -0.39 is 36.2 Å². The predicted molar refractivity (Wildman–Crippen MR) is 92.4 cm³/mol. The summed E-state index contributed by atoms with van der Waals surface area (Å²) in [5, 5.41) is 12.5. The van der Waals surface area contributed by atoms with Crippen LogP contribution in [0.15, 0.2) is 30.3 Å². The fourth-order valence-electron chi connectivity index (χ4n) is 3.74. The van der Waals surface area contributed by atoms with Gasteiger partial charge in [0, 0.05) is 5.56 Å².